The third kappa shape index (κ3) is 2.49. The highest BCUT2D eigenvalue weighted by Gasteiger charge is 2.63. The van der Waals surface area contributed by atoms with E-state index in [-0.39, 0.29) is 23.5 Å². The van der Waals surface area contributed by atoms with Crippen molar-refractivity contribution >= 4 is 0 Å². The summed E-state index contributed by atoms with van der Waals surface area (Å²) in [6.45, 7) is 4.98. The Morgan fingerprint density at radius 1 is 1.04 bits per heavy atom. The van der Waals surface area contributed by atoms with Crippen LogP contribution in [0.5, 0.6) is 0 Å². The van der Waals surface area contributed by atoms with E-state index in [2.05, 4.69) is 19.9 Å². The third-order valence-electron chi connectivity index (χ3n) is 9.16. The molecular weight excluding hydrogens is 312 g/mol. The fraction of sp³-hybridized carbons (Fsp3) is 0.909. The normalized spacial score (nSPS) is 52.1. The zero-order chi connectivity index (χ0) is 17.9. The topological polar surface area (TPSA) is 60.7 Å². The molecular formula is C22H36O3. The third-order valence-corrected chi connectivity index (χ3v) is 9.16. The van der Waals surface area contributed by atoms with Gasteiger partial charge in [-0.3, -0.25) is 0 Å². The maximum Gasteiger partial charge on any atom is 0.0724 e. The minimum Gasteiger partial charge on any atom is -0.396 e. The molecule has 0 radical (unpaired) electrons. The van der Waals surface area contributed by atoms with Gasteiger partial charge in [-0.15, -0.1) is 0 Å². The van der Waals surface area contributed by atoms with E-state index >= 15 is 0 Å². The Bertz CT molecular complexity index is 557. The van der Waals surface area contributed by atoms with Crippen molar-refractivity contribution in [3.63, 3.8) is 0 Å². The Morgan fingerprint density at radius 3 is 2.56 bits per heavy atom. The van der Waals surface area contributed by atoms with E-state index in [9.17, 15) is 15.3 Å². The predicted octanol–water partition coefficient (Wildman–Crippen LogP) is 3.81. The number of fused-ring (bicyclic) bond motifs is 5. The molecule has 25 heavy (non-hydrogen) atoms. The Balaban J connectivity index is 1.61. The summed E-state index contributed by atoms with van der Waals surface area (Å²) in [4.78, 5) is 0. The van der Waals surface area contributed by atoms with Gasteiger partial charge in [0, 0.05) is 6.61 Å². The number of aliphatic hydroxyl groups is 3. The summed E-state index contributed by atoms with van der Waals surface area (Å²) < 4.78 is 0. The van der Waals surface area contributed by atoms with Crippen molar-refractivity contribution in [2.24, 2.45) is 28.6 Å². The van der Waals surface area contributed by atoms with E-state index in [0.29, 0.717) is 5.92 Å². The van der Waals surface area contributed by atoms with E-state index in [4.69, 9.17) is 0 Å². The van der Waals surface area contributed by atoms with Crippen LogP contribution in [0.2, 0.25) is 0 Å². The van der Waals surface area contributed by atoms with Crippen LogP contribution in [0.3, 0.4) is 0 Å². The number of hydrogen-bond acceptors (Lipinski definition) is 3. The molecule has 0 saturated heterocycles. The van der Waals surface area contributed by atoms with Crippen molar-refractivity contribution in [3.8, 4) is 0 Å². The van der Waals surface area contributed by atoms with Gasteiger partial charge in [-0.05, 0) is 92.8 Å². The van der Waals surface area contributed by atoms with Gasteiger partial charge >= 0.3 is 0 Å². The maximum atomic E-state index is 11.4. The Kier molecular flexibility index (Phi) is 4.37. The van der Waals surface area contributed by atoms with Crippen LogP contribution in [0, 0.1) is 28.6 Å². The zero-order valence-electron chi connectivity index (χ0n) is 16.0. The highest BCUT2D eigenvalue weighted by Crippen LogP contribution is 2.68. The smallest absolute Gasteiger partial charge is 0.0724 e. The molecule has 3 heteroatoms. The summed E-state index contributed by atoms with van der Waals surface area (Å²) in [6.07, 6.45) is 12.2. The summed E-state index contributed by atoms with van der Waals surface area (Å²) >= 11 is 0. The average molecular weight is 349 g/mol. The lowest BCUT2D eigenvalue weighted by molar-refractivity contribution is -0.132. The second kappa shape index (κ2) is 6.07. The van der Waals surface area contributed by atoms with Crippen LogP contribution in [0.4, 0.5) is 0 Å². The molecule has 0 spiro atoms. The summed E-state index contributed by atoms with van der Waals surface area (Å²) in [7, 11) is 0. The summed E-state index contributed by atoms with van der Waals surface area (Å²) in [6, 6.07) is 0. The molecule has 3 fully saturated rings. The quantitative estimate of drug-likeness (QED) is 0.680. The minimum absolute atomic E-state index is 0.0229. The highest BCUT2D eigenvalue weighted by atomic mass is 16.3. The first-order valence-electron chi connectivity index (χ1n) is 10.6. The molecule has 3 N–H and O–H groups in total. The Morgan fingerprint density at radius 2 is 1.80 bits per heavy atom. The fourth-order valence-electron chi connectivity index (χ4n) is 7.60. The van der Waals surface area contributed by atoms with Crippen molar-refractivity contribution in [2.45, 2.75) is 89.8 Å². The molecule has 0 aromatic heterocycles. The molecule has 7 atom stereocenters. The van der Waals surface area contributed by atoms with Crippen molar-refractivity contribution in [1.82, 2.24) is 0 Å². The van der Waals surface area contributed by atoms with Crippen LogP contribution in [0.15, 0.2) is 11.6 Å². The number of hydrogen-bond donors (Lipinski definition) is 3. The van der Waals surface area contributed by atoms with Crippen LogP contribution in [-0.4, -0.2) is 33.6 Å². The lowest BCUT2D eigenvalue weighted by Gasteiger charge is -2.59. The van der Waals surface area contributed by atoms with Gasteiger partial charge in [-0.2, -0.15) is 0 Å². The monoisotopic (exact) mass is 348 g/mol. The van der Waals surface area contributed by atoms with Crippen LogP contribution in [0.1, 0.15) is 78.1 Å². The van der Waals surface area contributed by atoms with E-state index in [1.807, 2.05) is 0 Å². The van der Waals surface area contributed by atoms with Gasteiger partial charge in [-0.25, -0.2) is 0 Å². The zero-order valence-corrected chi connectivity index (χ0v) is 16.0. The molecule has 142 valence electrons. The lowest BCUT2D eigenvalue weighted by atomic mass is 9.46. The van der Waals surface area contributed by atoms with Gasteiger partial charge in [0.05, 0.1) is 11.7 Å². The van der Waals surface area contributed by atoms with Crippen LogP contribution >= 0.6 is 0 Å². The van der Waals surface area contributed by atoms with E-state index in [0.717, 1.165) is 63.2 Å². The number of allylic oxidation sites excluding steroid dienone is 1. The summed E-state index contributed by atoms with van der Waals surface area (Å²) in [5.74, 6) is 2.07. The molecule has 0 bridgehead atoms. The second-order valence-electron chi connectivity index (χ2n) is 9.98. The highest BCUT2D eigenvalue weighted by molar-refractivity contribution is 5.26. The fourth-order valence-corrected chi connectivity index (χ4v) is 7.60. The van der Waals surface area contributed by atoms with Crippen molar-refractivity contribution in [3.05, 3.63) is 11.6 Å². The molecule has 4 aliphatic rings. The van der Waals surface area contributed by atoms with E-state index < -0.39 is 5.60 Å². The minimum atomic E-state index is -0.578. The molecule has 3 saturated carbocycles. The lowest BCUT2D eigenvalue weighted by Crippen LogP contribution is -2.54. The van der Waals surface area contributed by atoms with E-state index in [1.165, 1.54) is 18.4 Å². The first kappa shape index (κ1) is 18.0. The SMILES string of the molecule is C[C@]12CC[C@H](O)C=C1CC[C@@H]1[C@@H]2CC[C@@]2(C)[C@H]1CC[C@@]2(O)CCCO. The molecule has 4 aliphatic carbocycles. The number of rotatable bonds is 3. The Hall–Kier alpha value is -0.380. The summed E-state index contributed by atoms with van der Waals surface area (Å²) in [5.41, 5.74) is 1.24. The standard InChI is InChI=1S/C22H36O3/c1-20-10-6-16(24)14-15(20)4-5-17-18(20)7-11-21(2)19(17)8-12-22(21,25)9-3-13-23/h14,16-19,23-25H,3-13H2,1-2H3/t16-,17+,18-,19-,20-,21-,22-/m0/s1. The van der Waals surface area contributed by atoms with Gasteiger partial charge in [-0.1, -0.05) is 25.5 Å². The molecule has 0 heterocycles. The van der Waals surface area contributed by atoms with E-state index in [1.54, 1.807) is 0 Å². The first-order valence-corrected chi connectivity index (χ1v) is 10.6. The van der Waals surface area contributed by atoms with Crippen molar-refractivity contribution < 1.29 is 15.3 Å². The molecule has 0 aromatic carbocycles. The van der Waals surface area contributed by atoms with Crippen molar-refractivity contribution in [1.29, 1.82) is 0 Å². The van der Waals surface area contributed by atoms with Gasteiger partial charge < -0.3 is 15.3 Å². The molecule has 4 rings (SSSR count). The maximum absolute atomic E-state index is 11.4. The second-order valence-corrected chi connectivity index (χ2v) is 9.98. The molecule has 0 aliphatic heterocycles. The van der Waals surface area contributed by atoms with Crippen molar-refractivity contribution in [2.75, 3.05) is 6.61 Å². The summed E-state index contributed by atoms with van der Waals surface area (Å²) in [5, 5.41) is 30.8. The first-order chi connectivity index (χ1) is 11.8. The van der Waals surface area contributed by atoms with Crippen LogP contribution < -0.4 is 0 Å². The molecule has 0 amide bonds. The van der Waals surface area contributed by atoms with Gasteiger partial charge in [0.25, 0.3) is 0 Å². The van der Waals surface area contributed by atoms with Gasteiger partial charge in [0.1, 0.15) is 0 Å². The molecule has 0 aromatic rings. The Labute approximate surface area is 152 Å². The predicted molar refractivity (Wildman–Crippen MR) is 99.0 cm³/mol. The average Bonchev–Trinajstić information content (AvgIpc) is 2.85. The number of aliphatic hydroxyl groups excluding tert-OH is 2. The van der Waals surface area contributed by atoms with Crippen LogP contribution in [-0.2, 0) is 0 Å². The van der Waals surface area contributed by atoms with Crippen LogP contribution in [0.25, 0.3) is 0 Å². The molecule has 0 unspecified atom stereocenters. The largest absolute Gasteiger partial charge is 0.396 e. The van der Waals surface area contributed by atoms with Gasteiger partial charge in [0.2, 0.25) is 0 Å². The van der Waals surface area contributed by atoms with Gasteiger partial charge in [0.15, 0.2) is 0 Å². The molecule has 3 nitrogen and oxygen atoms in total.